The lowest BCUT2D eigenvalue weighted by atomic mass is 10.1. The van der Waals surface area contributed by atoms with Crippen molar-refractivity contribution in [1.29, 1.82) is 0 Å². The Bertz CT molecular complexity index is 510. The second-order valence-electron chi connectivity index (χ2n) is 5.06. The number of rotatable bonds is 6. The van der Waals surface area contributed by atoms with Crippen LogP contribution in [0.5, 0.6) is 0 Å². The average Bonchev–Trinajstić information content (AvgIpc) is 2.42. The van der Waals surface area contributed by atoms with Gasteiger partial charge in [-0.15, -0.1) is 0 Å². The molecule has 1 aromatic carbocycles. The molecule has 1 heterocycles. The Kier molecular flexibility index (Phi) is 6.01. The van der Waals surface area contributed by atoms with Crippen LogP contribution in [0.25, 0.3) is 0 Å². The Morgan fingerprint density at radius 2 is 2.00 bits per heavy atom. The van der Waals surface area contributed by atoms with Gasteiger partial charge in [0, 0.05) is 17.6 Å². The molecule has 20 heavy (non-hydrogen) atoms. The number of hydrogen-bond donors (Lipinski definition) is 1. The predicted octanol–water partition coefficient (Wildman–Crippen LogP) is 2.83. The van der Waals surface area contributed by atoms with Crippen LogP contribution in [0.4, 0.5) is 0 Å². The monoisotopic (exact) mass is 361 g/mol. The Morgan fingerprint density at radius 3 is 2.65 bits per heavy atom. The van der Waals surface area contributed by atoms with E-state index in [9.17, 15) is 8.42 Å². The zero-order valence-corrected chi connectivity index (χ0v) is 13.7. The lowest BCUT2D eigenvalue weighted by Gasteiger charge is -2.22. The van der Waals surface area contributed by atoms with Crippen LogP contribution in [0.3, 0.4) is 0 Å². The third-order valence-electron chi connectivity index (χ3n) is 3.33. The Balaban J connectivity index is 1.77. The molecule has 0 bridgehead atoms. The molecular weight excluding hydrogens is 342 g/mol. The van der Waals surface area contributed by atoms with E-state index in [1.165, 1.54) is 6.42 Å². The second kappa shape index (κ2) is 7.54. The average molecular weight is 362 g/mol. The maximum absolute atomic E-state index is 12.0. The van der Waals surface area contributed by atoms with E-state index in [-0.39, 0.29) is 11.9 Å². The van der Waals surface area contributed by atoms with Crippen LogP contribution in [0.2, 0.25) is 0 Å². The van der Waals surface area contributed by atoms with Gasteiger partial charge < -0.3 is 4.74 Å². The quantitative estimate of drug-likeness (QED) is 0.847. The molecule has 0 aliphatic carbocycles. The predicted molar refractivity (Wildman–Crippen MR) is 83.0 cm³/mol. The van der Waals surface area contributed by atoms with Crippen molar-refractivity contribution in [3.05, 3.63) is 34.3 Å². The molecular formula is C14H20BrNO3S. The van der Waals surface area contributed by atoms with Gasteiger partial charge in [-0.2, -0.15) is 0 Å². The van der Waals surface area contributed by atoms with E-state index in [0.717, 1.165) is 35.9 Å². The standard InChI is InChI=1S/C14H20BrNO3S/c15-13-6-4-12(5-7-13)11-20(17,18)16-9-8-14-3-1-2-10-19-14/h4-7,14,16H,1-3,8-11H2. The highest BCUT2D eigenvalue weighted by molar-refractivity contribution is 9.10. The van der Waals surface area contributed by atoms with Crippen LogP contribution < -0.4 is 4.72 Å². The van der Waals surface area contributed by atoms with Gasteiger partial charge in [0.25, 0.3) is 0 Å². The number of halogens is 1. The van der Waals surface area contributed by atoms with Crippen molar-refractivity contribution in [3.63, 3.8) is 0 Å². The molecule has 4 nitrogen and oxygen atoms in total. The third-order valence-corrected chi connectivity index (χ3v) is 5.22. The van der Waals surface area contributed by atoms with Gasteiger partial charge in [0.15, 0.2) is 0 Å². The summed E-state index contributed by atoms with van der Waals surface area (Å²) in [4.78, 5) is 0. The van der Waals surface area contributed by atoms with Crippen LogP contribution >= 0.6 is 15.9 Å². The van der Waals surface area contributed by atoms with Crippen molar-refractivity contribution in [3.8, 4) is 0 Å². The molecule has 2 rings (SSSR count). The highest BCUT2D eigenvalue weighted by Gasteiger charge is 2.16. The third kappa shape index (κ3) is 5.52. The van der Waals surface area contributed by atoms with Crippen molar-refractivity contribution in [2.75, 3.05) is 13.2 Å². The first-order valence-corrected chi connectivity index (χ1v) is 9.33. The van der Waals surface area contributed by atoms with Gasteiger partial charge in [0.05, 0.1) is 11.9 Å². The van der Waals surface area contributed by atoms with E-state index in [0.29, 0.717) is 6.54 Å². The smallest absolute Gasteiger partial charge is 0.215 e. The van der Waals surface area contributed by atoms with E-state index in [4.69, 9.17) is 4.74 Å². The fourth-order valence-corrected chi connectivity index (χ4v) is 3.69. The highest BCUT2D eigenvalue weighted by atomic mass is 79.9. The largest absolute Gasteiger partial charge is 0.378 e. The Labute approximate surface area is 129 Å². The molecule has 0 aromatic heterocycles. The fourth-order valence-electron chi connectivity index (χ4n) is 2.26. The topological polar surface area (TPSA) is 55.4 Å². The van der Waals surface area contributed by atoms with Crippen LogP contribution in [0.15, 0.2) is 28.7 Å². The second-order valence-corrected chi connectivity index (χ2v) is 7.78. The van der Waals surface area contributed by atoms with Crippen molar-refractivity contribution in [2.45, 2.75) is 37.5 Å². The molecule has 1 N–H and O–H groups in total. The maximum atomic E-state index is 12.0. The van der Waals surface area contributed by atoms with E-state index in [1.54, 1.807) is 0 Å². The molecule has 1 fully saturated rings. The summed E-state index contributed by atoms with van der Waals surface area (Å²) in [6.45, 7) is 1.25. The van der Waals surface area contributed by atoms with Gasteiger partial charge >= 0.3 is 0 Å². The molecule has 0 saturated carbocycles. The van der Waals surface area contributed by atoms with Crippen LogP contribution in [-0.2, 0) is 20.5 Å². The number of hydrogen-bond acceptors (Lipinski definition) is 3. The molecule has 1 aromatic rings. The Hall–Kier alpha value is -0.430. The summed E-state index contributed by atoms with van der Waals surface area (Å²) >= 11 is 3.33. The SMILES string of the molecule is O=S(=O)(Cc1ccc(Br)cc1)NCCC1CCCCO1. The first kappa shape index (κ1) is 15.9. The summed E-state index contributed by atoms with van der Waals surface area (Å²) < 4.78 is 33.1. The number of ether oxygens (including phenoxy) is 1. The molecule has 1 aliphatic heterocycles. The minimum absolute atomic E-state index is 0.0196. The lowest BCUT2D eigenvalue weighted by Crippen LogP contribution is -2.30. The molecule has 6 heteroatoms. The Morgan fingerprint density at radius 1 is 1.25 bits per heavy atom. The summed E-state index contributed by atoms with van der Waals surface area (Å²) in [6, 6.07) is 7.32. The number of benzene rings is 1. The van der Waals surface area contributed by atoms with E-state index < -0.39 is 10.0 Å². The zero-order chi connectivity index (χ0) is 14.4. The summed E-state index contributed by atoms with van der Waals surface area (Å²) in [6.07, 6.45) is 4.29. The highest BCUT2D eigenvalue weighted by Crippen LogP contribution is 2.15. The van der Waals surface area contributed by atoms with Gasteiger partial charge in [-0.3, -0.25) is 0 Å². The van der Waals surface area contributed by atoms with E-state index in [2.05, 4.69) is 20.7 Å². The molecule has 0 radical (unpaired) electrons. The molecule has 1 unspecified atom stereocenters. The summed E-state index contributed by atoms with van der Waals surface area (Å²) in [7, 11) is -3.27. The molecule has 1 aliphatic rings. The summed E-state index contributed by atoms with van der Waals surface area (Å²) in [5.74, 6) is 0.0196. The summed E-state index contributed by atoms with van der Waals surface area (Å²) in [5, 5.41) is 0. The first-order valence-electron chi connectivity index (χ1n) is 6.88. The van der Waals surface area contributed by atoms with Crippen molar-refractivity contribution in [2.24, 2.45) is 0 Å². The maximum Gasteiger partial charge on any atom is 0.215 e. The number of nitrogens with one attached hydrogen (secondary N) is 1. The van der Waals surface area contributed by atoms with Gasteiger partial charge in [-0.05, 0) is 43.4 Å². The zero-order valence-electron chi connectivity index (χ0n) is 11.3. The van der Waals surface area contributed by atoms with E-state index in [1.807, 2.05) is 24.3 Å². The minimum Gasteiger partial charge on any atom is -0.378 e. The molecule has 1 atom stereocenters. The fraction of sp³-hybridized carbons (Fsp3) is 0.571. The van der Waals surface area contributed by atoms with Gasteiger partial charge in [0.1, 0.15) is 0 Å². The lowest BCUT2D eigenvalue weighted by molar-refractivity contribution is 0.0123. The van der Waals surface area contributed by atoms with E-state index >= 15 is 0 Å². The van der Waals surface area contributed by atoms with Crippen molar-refractivity contribution < 1.29 is 13.2 Å². The molecule has 0 spiro atoms. The van der Waals surface area contributed by atoms with Gasteiger partial charge in [-0.1, -0.05) is 28.1 Å². The molecule has 112 valence electrons. The minimum atomic E-state index is -3.27. The molecule has 0 amide bonds. The summed E-state index contributed by atoms with van der Waals surface area (Å²) in [5.41, 5.74) is 0.787. The normalized spacial score (nSPS) is 19.9. The van der Waals surface area contributed by atoms with Crippen molar-refractivity contribution in [1.82, 2.24) is 4.72 Å². The number of sulfonamides is 1. The van der Waals surface area contributed by atoms with Crippen LogP contribution in [0, 0.1) is 0 Å². The van der Waals surface area contributed by atoms with Crippen molar-refractivity contribution >= 4 is 26.0 Å². The van der Waals surface area contributed by atoms with Crippen LogP contribution in [0.1, 0.15) is 31.2 Å². The van der Waals surface area contributed by atoms with Gasteiger partial charge in [0.2, 0.25) is 10.0 Å². The molecule has 1 saturated heterocycles. The first-order chi connectivity index (χ1) is 9.55. The van der Waals surface area contributed by atoms with Gasteiger partial charge in [-0.25, -0.2) is 13.1 Å². The van der Waals surface area contributed by atoms with Crippen LogP contribution in [-0.4, -0.2) is 27.7 Å².